The fraction of sp³-hybridized carbons (Fsp3) is 0.200. The molecule has 0 aromatic carbocycles. The van der Waals surface area contributed by atoms with Crippen LogP contribution in [0.4, 0.5) is 5.69 Å². The number of rotatable bonds is 2. The highest BCUT2D eigenvalue weighted by molar-refractivity contribution is 5.51. The molecular weight excluding hydrogens is 176 g/mol. The Kier molecular flexibility index (Phi) is 2.18. The van der Waals surface area contributed by atoms with Crippen LogP contribution in [0.25, 0.3) is 5.82 Å². The van der Waals surface area contributed by atoms with Gasteiger partial charge < -0.3 is 5.73 Å². The molecule has 0 amide bonds. The van der Waals surface area contributed by atoms with E-state index >= 15 is 0 Å². The van der Waals surface area contributed by atoms with Crippen LogP contribution in [-0.4, -0.2) is 14.8 Å². The minimum absolute atomic E-state index is 0.637. The number of anilines is 1. The van der Waals surface area contributed by atoms with Crippen molar-refractivity contribution >= 4 is 5.69 Å². The summed E-state index contributed by atoms with van der Waals surface area (Å²) in [6, 6.07) is 3.62. The van der Waals surface area contributed by atoms with E-state index in [9.17, 15) is 0 Å². The van der Waals surface area contributed by atoms with Crippen molar-refractivity contribution in [2.75, 3.05) is 5.73 Å². The first-order valence-electron chi connectivity index (χ1n) is 4.55. The van der Waals surface area contributed by atoms with Crippen molar-refractivity contribution in [1.29, 1.82) is 0 Å². The van der Waals surface area contributed by atoms with E-state index in [0.29, 0.717) is 11.5 Å². The van der Waals surface area contributed by atoms with Crippen LogP contribution in [0.5, 0.6) is 0 Å². The minimum Gasteiger partial charge on any atom is -0.396 e. The molecule has 2 aromatic rings. The monoisotopic (exact) mass is 188 g/mol. The molecule has 0 aliphatic rings. The quantitative estimate of drug-likeness (QED) is 0.775. The SMILES string of the molecule is CCc1cnn(-c2ncccc2N)c1. The number of nitrogens with two attached hydrogens (primary N) is 1. The summed E-state index contributed by atoms with van der Waals surface area (Å²) in [6.45, 7) is 2.09. The van der Waals surface area contributed by atoms with Gasteiger partial charge >= 0.3 is 0 Å². The second-order valence-corrected chi connectivity index (χ2v) is 3.06. The van der Waals surface area contributed by atoms with Gasteiger partial charge in [0.15, 0.2) is 5.82 Å². The van der Waals surface area contributed by atoms with Crippen LogP contribution < -0.4 is 5.73 Å². The highest BCUT2D eigenvalue weighted by Gasteiger charge is 2.03. The molecule has 0 saturated heterocycles. The summed E-state index contributed by atoms with van der Waals surface area (Å²) < 4.78 is 1.70. The number of nitrogen functional groups attached to an aromatic ring is 1. The summed E-state index contributed by atoms with van der Waals surface area (Å²) in [7, 11) is 0. The molecule has 0 aliphatic heterocycles. The molecule has 0 bridgehead atoms. The van der Waals surface area contributed by atoms with Gasteiger partial charge in [-0.2, -0.15) is 5.10 Å². The molecule has 4 nitrogen and oxygen atoms in total. The van der Waals surface area contributed by atoms with Gasteiger partial charge in [-0.15, -0.1) is 0 Å². The van der Waals surface area contributed by atoms with Gasteiger partial charge in [-0.25, -0.2) is 9.67 Å². The molecule has 2 heterocycles. The maximum Gasteiger partial charge on any atom is 0.176 e. The summed E-state index contributed by atoms with van der Waals surface area (Å²) in [5, 5.41) is 4.19. The molecule has 0 radical (unpaired) electrons. The Morgan fingerprint density at radius 1 is 1.50 bits per heavy atom. The molecule has 2 aromatic heterocycles. The van der Waals surface area contributed by atoms with Crippen molar-refractivity contribution in [2.45, 2.75) is 13.3 Å². The number of aromatic nitrogens is 3. The summed E-state index contributed by atoms with van der Waals surface area (Å²) in [5.74, 6) is 0.687. The van der Waals surface area contributed by atoms with Crippen LogP contribution >= 0.6 is 0 Å². The van der Waals surface area contributed by atoms with Gasteiger partial charge in [0, 0.05) is 12.4 Å². The molecule has 14 heavy (non-hydrogen) atoms. The zero-order valence-corrected chi connectivity index (χ0v) is 8.01. The second kappa shape index (κ2) is 3.49. The molecule has 4 heteroatoms. The van der Waals surface area contributed by atoms with Gasteiger partial charge in [-0.3, -0.25) is 0 Å². The lowest BCUT2D eigenvalue weighted by Crippen LogP contribution is -2.02. The van der Waals surface area contributed by atoms with Crippen molar-refractivity contribution < 1.29 is 0 Å². The molecule has 0 saturated carbocycles. The van der Waals surface area contributed by atoms with E-state index in [2.05, 4.69) is 17.0 Å². The Bertz CT molecular complexity index is 433. The van der Waals surface area contributed by atoms with Gasteiger partial charge in [-0.05, 0) is 24.1 Å². The average Bonchev–Trinajstić information content (AvgIpc) is 2.67. The zero-order valence-electron chi connectivity index (χ0n) is 8.01. The van der Waals surface area contributed by atoms with Crippen LogP contribution in [0.15, 0.2) is 30.7 Å². The predicted octanol–water partition coefficient (Wildman–Crippen LogP) is 1.41. The van der Waals surface area contributed by atoms with Crippen molar-refractivity contribution in [3.63, 3.8) is 0 Å². The van der Waals surface area contributed by atoms with E-state index in [-0.39, 0.29) is 0 Å². The highest BCUT2D eigenvalue weighted by atomic mass is 15.3. The minimum atomic E-state index is 0.637. The van der Waals surface area contributed by atoms with Crippen LogP contribution in [0.1, 0.15) is 12.5 Å². The van der Waals surface area contributed by atoms with Gasteiger partial charge in [0.1, 0.15) is 0 Å². The van der Waals surface area contributed by atoms with Crippen LogP contribution in [0.2, 0.25) is 0 Å². The van der Waals surface area contributed by atoms with E-state index in [4.69, 9.17) is 5.73 Å². The van der Waals surface area contributed by atoms with Gasteiger partial charge in [0.25, 0.3) is 0 Å². The third-order valence-corrected chi connectivity index (χ3v) is 2.08. The molecular formula is C10H12N4. The number of hydrogen-bond donors (Lipinski definition) is 1. The maximum absolute atomic E-state index is 5.78. The molecule has 2 rings (SSSR count). The molecule has 2 N–H and O–H groups in total. The fourth-order valence-electron chi connectivity index (χ4n) is 1.26. The van der Waals surface area contributed by atoms with Crippen LogP contribution in [0, 0.1) is 0 Å². The number of nitrogens with zero attached hydrogens (tertiary/aromatic N) is 3. The first-order chi connectivity index (χ1) is 6.81. The van der Waals surface area contributed by atoms with Crippen molar-refractivity contribution in [1.82, 2.24) is 14.8 Å². The Balaban J connectivity index is 2.44. The lowest BCUT2D eigenvalue weighted by molar-refractivity contribution is 0.849. The van der Waals surface area contributed by atoms with E-state index < -0.39 is 0 Å². The number of pyridine rings is 1. The zero-order chi connectivity index (χ0) is 9.97. The van der Waals surface area contributed by atoms with E-state index in [0.717, 1.165) is 6.42 Å². The predicted molar refractivity (Wildman–Crippen MR) is 55.1 cm³/mol. The maximum atomic E-state index is 5.78. The fourth-order valence-corrected chi connectivity index (χ4v) is 1.26. The Labute approximate surface area is 82.4 Å². The van der Waals surface area contributed by atoms with Crippen LogP contribution in [0.3, 0.4) is 0 Å². The smallest absolute Gasteiger partial charge is 0.176 e. The topological polar surface area (TPSA) is 56.7 Å². The Morgan fingerprint density at radius 2 is 2.36 bits per heavy atom. The molecule has 0 spiro atoms. The van der Waals surface area contributed by atoms with Crippen molar-refractivity contribution in [2.24, 2.45) is 0 Å². The largest absolute Gasteiger partial charge is 0.396 e. The van der Waals surface area contributed by atoms with Gasteiger partial charge in [0.2, 0.25) is 0 Å². The summed E-state index contributed by atoms with van der Waals surface area (Å²) in [6.07, 6.45) is 6.44. The third-order valence-electron chi connectivity index (χ3n) is 2.08. The first-order valence-corrected chi connectivity index (χ1v) is 4.55. The Morgan fingerprint density at radius 3 is 3.00 bits per heavy atom. The first kappa shape index (κ1) is 8.74. The molecule has 0 fully saturated rings. The lowest BCUT2D eigenvalue weighted by Gasteiger charge is -2.02. The standard InChI is InChI=1S/C10H12N4/c1-2-8-6-13-14(7-8)10-9(11)4-3-5-12-10/h3-7H,2,11H2,1H3. The van der Waals surface area contributed by atoms with Gasteiger partial charge in [0.05, 0.1) is 11.9 Å². The average molecular weight is 188 g/mol. The highest BCUT2D eigenvalue weighted by Crippen LogP contribution is 2.12. The van der Waals surface area contributed by atoms with Crippen molar-refractivity contribution in [3.8, 4) is 5.82 Å². The third kappa shape index (κ3) is 1.46. The van der Waals surface area contributed by atoms with Crippen LogP contribution in [-0.2, 0) is 6.42 Å². The summed E-state index contributed by atoms with van der Waals surface area (Å²) >= 11 is 0. The summed E-state index contributed by atoms with van der Waals surface area (Å²) in [4.78, 5) is 4.17. The lowest BCUT2D eigenvalue weighted by atomic mass is 10.3. The van der Waals surface area contributed by atoms with E-state index in [1.807, 2.05) is 24.5 Å². The summed E-state index contributed by atoms with van der Waals surface area (Å²) in [5.41, 5.74) is 7.59. The van der Waals surface area contributed by atoms with Crippen molar-refractivity contribution in [3.05, 3.63) is 36.3 Å². The Hall–Kier alpha value is -1.84. The number of aryl methyl sites for hydroxylation is 1. The normalized spacial score (nSPS) is 10.4. The molecule has 72 valence electrons. The molecule has 0 unspecified atom stereocenters. The molecule has 0 atom stereocenters. The second-order valence-electron chi connectivity index (χ2n) is 3.06. The number of hydrogen-bond acceptors (Lipinski definition) is 3. The van der Waals surface area contributed by atoms with E-state index in [1.54, 1.807) is 10.9 Å². The van der Waals surface area contributed by atoms with Gasteiger partial charge in [-0.1, -0.05) is 6.92 Å². The van der Waals surface area contributed by atoms with E-state index in [1.165, 1.54) is 5.56 Å². The molecule has 0 aliphatic carbocycles.